The van der Waals surface area contributed by atoms with Gasteiger partial charge in [-0.2, -0.15) is 5.10 Å². The number of aromatic nitrogens is 2. The average Bonchev–Trinajstić information content (AvgIpc) is 3.09. The summed E-state index contributed by atoms with van der Waals surface area (Å²) >= 11 is 0. The molecule has 1 heterocycles. The van der Waals surface area contributed by atoms with Crippen LogP contribution in [0.5, 0.6) is 5.75 Å². The molecule has 2 rings (SSSR count). The van der Waals surface area contributed by atoms with E-state index in [1.807, 2.05) is 39.0 Å². The highest BCUT2D eigenvalue weighted by atomic mass is 16.5. The number of carbonyl (C=O) groups is 1. The van der Waals surface area contributed by atoms with Crippen LogP contribution >= 0.6 is 0 Å². The maximum absolute atomic E-state index is 12.3. The van der Waals surface area contributed by atoms with Crippen LogP contribution in [0.15, 0.2) is 30.5 Å². The number of rotatable bonds is 7. The number of amides is 1. The van der Waals surface area contributed by atoms with Crippen LogP contribution < -0.4 is 15.8 Å². The van der Waals surface area contributed by atoms with Crippen molar-refractivity contribution in [2.75, 3.05) is 13.7 Å². The average molecular weight is 330 g/mol. The monoisotopic (exact) mass is 330 g/mol. The van der Waals surface area contributed by atoms with Crippen molar-refractivity contribution < 1.29 is 9.53 Å². The van der Waals surface area contributed by atoms with Gasteiger partial charge < -0.3 is 15.8 Å². The Balaban J connectivity index is 2.16. The van der Waals surface area contributed by atoms with Gasteiger partial charge in [0.15, 0.2) is 5.69 Å². The molecule has 0 aliphatic rings. The maximum Gasteiger partial charge on any atom is 0.271 e. The van der Waals surface area contributed by atoms with Crippen molar-refractivity contribution >= 4 is 5.91 Å². The highest BCUT2D eigenvalue weighted by Crippen LogP contribution is 2.23. The van der Waals surface area contributed by atoms with Crippen molar-refractivity contribution in [2.45, 2.75) is 39.2 Å². The first-order valence-corrected chi connectivity index (χ1v) is 8.20. The van der Waals surface area contributed by atoms with Crippen LogP contribution in [0.3, 0.4) is 0 Å². The fourth-order valence-electron chi connectivity index (χ4n) is 2.41. The lowest BCUT2D eigenvalue weighted by Gasteiger charge is -2.26. The molecule has 0 aliphatic carbocycles. The van der Waals surface area contributed by atoms with Crippen LogP contribution in [0.25, 0.3) is 5.69 Å². The number of nitrogens with one attached hydrogen (secondary N) is 1. The largest absolute Gasteiger partial charge is 0.494 e. The molecule has 1 aromatic carbocycles. The SMILES string of the molecule is CCC(N)(CC)CNC(=O)c1ccn(-c2cc(C)ccc2OC)n1. The number of hydrogen-bond donors (Lipinski definition) is 2. The lowest BCUT2D eigenvalue weighted by Crippen LogP contribution is -2.49. The van der Waals surface area contributed by atoms with Crippen LogP contribution in [-0.2, 0) is 0 Å². The fourth-order valence-corrected chi connectivity index (χ4v) is 2.41. The number of hydrogen-bond acceptors (Lipinski definition) is 4. The second-order valence-electron chi connectivity index (χ2n) is 6.07. The molecular weight excluding hydrogens is 304 g/mol. The lowest BCUT2D eigenvalue weighted by molar-refractivity contribution is 0.0936. The number of benzene rings is 1. The van der Waals surface area contributed by atoms with Crippen LogP contribution in [0.2, 0.25) is 0 Å². The maximum atomic E-state index is 12.3. The summed E-state index contributed by atoms with van der Waals surface area (Å²) in [4.78, 5) is 12.3. The zero-order valence-corrected chi connectivity index (χ0v) is 14.8. The standard InChI is InChI=1S/C18H26N4O2/c1-5-18(19,6-2)12-20-17(23)14-9-10-22(21-14)15-11-13(3)7-8-16(15)24-4/h7-11H,5-6,12,19H2,1-4H3,(H,20,23). The molecule has 130 valence electrons. The molecular formula is C18H26N4O2. The summed E-state index contributed by atoms with van der Waals surface area (Å²) in [5, 5.41) is 7.24. The highest BCUT2D eigenvalue weighted by molar-refractivity contribution is 5.92. The van der Waals surface area contributed by atoms with E-state index in [1.165, 1.54) is 0 Å². The number of carbonyl (C=O) groups excluding carboxylic acids is 1. The predicted molar refractivity (Wildman–Crippen MR) is 94.7 cm³/mol. The molecule has 0 fully saturated rings. The predicted octanol–water partition coefficient (Wildman–Crippen LogP) is 2.44. The molecule has 2 aromatic rings. The van der Waals surface area contributed by atoms with E-state index in [2.05, 4.69) is 10.4 Å². The minimum atomic E-state index is -0.377. The van der Waals surface area contributed by atoms with E-state index in [0.717, 1.165) is 24.1 Å². The minimum absolute atomic E-state index is 0.225. The van der Waals surface area contributed by atoms with Gasteiger partial charge in [0.1, 0.15) is 11.4 Å². The Morgan fingerprint density at radius 3 is 2.67 bits per heavy atom. The molecule has 0 aliphatic heterocycles. The summed E-state index contributed by atoms with van der Waals surface area (Å²) in [6, 6.07) is 7.51. The van der Waals surface area contributed by atoms with E-state index in [4.69, 9.17) is 10.5 Å². The summed E-state index contributed by atoms with van der Waals surface area (Å²) in [7, 11) is 1.61. The Hall–Kier alpha value is -2.34. The summed E-state index contributed by atoms with van der Waals surface area (Å²) < 4.78 is 7.02. The van der Waals surface area contributed by atoms with Crippen molar-refractivity contribution in [3.63, 3.8) is 0 Å². The molecule has 6 heteroatoms. The molecule has 0 unspecified atom stereocenters. The van der Waals surface area contributed by atoms with Gasteiger partial charge in [0.2, 0.25) is 0 Å². The van der Waals surface area contributed by atoms with Gasteiger partial charge in [0.25, 0.3) is 5.91 Å². The normalized spacial score (nSPS) is 11.4. The second-order valence-corrected chi connectivity index (χ2v) is 6.07. The molecule has 6 nitrogen and oxygen atoms in total. The van der Waals surface area contributed by atoms with Gasteiger partial charge in [-0.3, -0.25) is 4.79 Å². The third-order valence-corrected chi connectivity index (χ3v) is 4.41. The van der Waals surface area contributed by atoms with Crippen LogP contribution in [0.4, 0.5) is 0 Å². The van der Waals surface area contributed by atoms with Crippen molar-refractivity contribution in [3.8, 4) is 11.4 Å². The van der Waals surface area contributed by atoms with E-state index in [-0.39, 0.29) is 11.4 Å². The van der Waals surface area contributed by atoms with E-state index >= 15 is 0 Å². The van der Waals surface area contributed by atoms with Gasteiger partial charge in [-0.1, -0.05) is 19.9 Å². The Kier molecular flexibility index (Phi) is 5.62. The molecule has 0 atom stereocenters. The molecule has 24 heavy (non-hydrogen) atoms. The summed E-state index contributed by atoms with van der Waals surface area (Å²) in [6.45, 7) is 6.47. The zero-order valence-electron chi connectivity index (χ0n) is 14.8. The summed E-state index contributed by atoms with van der Waals surface area (Å²) in [5.74, 6) is 0.477. The van der Waals surface area contributed by atoms with Crippen molar-refractivity contribution in [1.29, 1.82) is 0 Å². The van der Waals surface area contributed by atoms with Gasteiger partial charge in [-0.15, -0.1) is 0 Å². The third-order valence-electron chi connectivity index (χ3n) is 4.41. The number of aryl methyl sites for hydroxylation is 1. The molecule has 0 radical (unpaired) electrons. The Morgan fingerprint density at radius 1 is 1.33 bits per heavy atom. The van der Waals surface area contributed by atoms with E-state index in [1.54, 1.807) is 24.1 Å². The number of nitrogens with two attached hydrogens (primary N) is 1. The van der Waals surface area contributed by atoms with E-state index in [9.17, 15) is 4.79 Å². The van der Waals surface area contributed by atoms with E-state index < -0.39 is 0 Å². The molecule has 1 aromatic heterocycles. The van der Waals surface area contributed by atoms with Crippen LogP contribution in [0, 0.1) is 6.92 Å². The van der Waals surface area contributed by atoms with Gasteiger partial charge in [0, 0.05) is 18.3 Å². The molecule has 0 saturated heterocycles. The molecule has 0 spiro atoms. The Labute approximate surface area is 143 Å². The number of methoxy groups -OCH3 is 1. The molecule has 0 saturated carbocycles. The number of nitrogens with zero attached hydrogens (tertiary/aromatic N) is 2. The van der Waals surface area contributed by atoms with Gasteiger partial charge in [-0.05, 0) is 43.5 Å². The van der Waals surface area contributed by atoms with Crippen molar-refractivity contribution in [3.05, 3.63) is 41.7 Å². The minimum Gasteiger partial charge on any atom is -0.494 e. The van der Waals surface area contributed by atoms with Crippen LogP contribution in [0.1, 0.15) is 42.7 Å². The Bertz CT molecular complexity index is 705. The van der Waals surface area contributed by atoms with Gasteiger partial charge in [0.05, 0.1) is 7.11 Å². The molecule has 0 bridgehead atoms. The van der Waals surface area contributed by atoms with E-state index in [0.29, 0.717) is 18.0 Å². The first-order valence-electron chi connectivity index (χ1n) is 8.20. The van der Waals surface area contributed by atoms with Crippen molar-refractivity contribution in [1.82, 2.24) is 15.1 Å². The zero-order chi connectivity index (χ0) is 17.7. The number of ether oxygens (including phenoxy) is 1. The molecule has 3 N–H and O–H groups in total. The highest BCUT2D eigenvalue weighted by Gasteiger charge is 2.22. The Morgan fingerprint density at radius 2 is 2.04 bits per heavy atom. The van der Waals surface area contributed by atoms with Gasteiger partial charge in [-0.25, -0.2) is 4.68 Å². The second kappa shape index (κ2) is 7.49. The summed E-state index contributed by atoms with van der Waals surface area (Å²) in [6.07, 6.45) is 3.36. The first kappa shape index (κ1) is 18.0. The fraction of sp³-hybridized carbons (Fsp3) is 0.444. The third kappa shape index (κ3) is 3.94. The first-order chi connectivity index (χ1) is 11.4. The summed E-state index contributed by atoms with van der Waals surface area (Å²) in [5.41, 5.74) is 8.08. The van der Waals surface area contributed by atoms with Crippen LogP contribution in [-0.4, -0.2) is 34.9 Å². The topological polar surface area (TPSA) is 82.2 Å². The smallest absolute Gasteiger partial charge is 0.271 e. The van der Waals surface area contributed by atoms with Crippen molar-refractivity contribution in [2.24, 2.45) is 5.73 Å². The lowest BCUT2D eigenvalue weighted by atomic mass is 9.94. The quantitative estimate of drug-likeness (QED) is 0.817. The van der Waals surface area contributed by atoms with Gasteiger partial charge >= 0.3 is 0 Å². The molecule has 1 amide bonds.